The van der Waals surface area contributed by atoms with Crippen LogP contribution in [0.4, 0.5) is 11.4 Å². The molecule has 1 N–H and O–H groups in total. The number of nitrogens with one attached hydrogen (secondary N) is 1. The summed E-state index contributed by atoms with van der Waals surface area (Å²) < 4.78 is 6.24. The van der Waals surface area contributed by atoms with E-state index >= 15 is 0 Å². The Balaban J connectivity index is 1.14. The molecule has 9 rings (SSSR count). The SMILES string of the molecule is c1ccc(-c2ccc3oc4cccc(Nc5ccc(C67CC8CC(CC(C8)C6)C7)cc5)c4c3c2)cc1. The van der Waals surface area contributed by atoms with Crippen LogP contribution in [0.3, 0.4) is 0 Å². The Morgan fingerprint density at radius 3 is 2.08 bits per heavy atom. The number of furan rings is 1. The molecule has 0 spiro atoms. The molecule has 5 aromatic rings. The monoisotopic (exact) mass is 469 g/mol. The van der Waals surface area contributed by atoms with E-state index in [1.165, 1.54) is 49.7 Å². The Morgan fingerprint density at radius 1 is 0.639 bits per heavy atom. The van der Waals surface area contributed by atoms with Crippen molar-refractivity contribution in [3.63, 3.8) is 0 Å². The lowest BCUT2D eigenvalue weighted by atomic mass is 9.48. The highest BCUT2D eigenvalue weighted by Crippen LogP contribution is 2.60. The molecule has 2 heteroatoms. The van der Waals surface area contributed by atoms with Crippen LogP contribution in [0, 0.1) is 17.8 Å². The lowest BCUT2D eigenvalue weighted by molar-refractivity contribution is -0.00518. The zero-order valence-corrected chi connectivity index (χ0v) is 20.5. The van der Waals surface area contributed by atoms with Crippen LogP contribution in [0.25, 0.3) is 33.1 Å². The Labute approximate surface area is 212 Å². The summed E-state index contributed by atoms with van der Waals surface area (Å²) in [6.45, 7) is 0. The average Bonchev–Trinajstić information content (AvgIpc) is 3.28. The van der Waals surface area contributed by atoms with Crippen molar-refractivity contribution >= 4 is 33.3 Å². The Kier molecular flexibility index (Phi) is 4.44. The fraction of sp³-hybridized carbons (Fsp3) is 0.294. The number of benzene rings is 4. The molecule has 178 valence electrons. The summed E-state index contributed by atoms with van der Waals surface area (Å²) in [7, 11) is 0. The first kappa shape index (κ1) is 20.7. The number of anilines is 2. The number of hydrogen-bond donors (Lipinski definition) is 1. The minimum atomic E-state index is 0.446. The van der Waals surface area contributed by atoms with Crippen LogP contribution in [0.5, 0.6) is 0 Å². The molecule has 0 unspecified atom stereocenters. The molecule has 0 amide bonds. The summed E-state index contributed by atoms with van der Waals surface area (Å²) in [5, 5.41) is 6.03. The van der Waals surface area contributed by atoms with Crippen molar-refractivity contribution in [2.75, 3.05) is 5.32 Å². The first-order valence-electron chi connectivity index (χ1n) is 13.6. The van der Waals surface area contributed by atoms with Gasteiger partial charge in [-0.3, -0.25) is 0 Å². The van der Waals surface area contributed by atoms with Gasteiger partial charge in [0.25, 0.3) is 0 Å². The molecule has 1 heterocycles. The quantitative estimate of drug-likeness (QED) is 0.283. The molecule has 4 saturated carbocycles. The van der Waals surface area contributed by atoms with Crippen molar-refractivity contribution < 1.29 is 4.42 Å². The number of hydrogen-bond acceptors (Lipinski definition) is 2. The molecule has 0 radical (unpaired) electrons. The van der Waals surface area contributed by atoms with Crippen LogP contribution in [0.2, 0.25) is 0 Å². The molecule has 0 atom stereocenters. The van der Waals surface area contributed by atoms with E-state index in [9.17, 15) is 0 Å². The molecule has 4 aliphatic rings. The second-order valence-corrected chi connectivity index (χ2v) is 11.8. The Hall–Kier alpha value is -3.52. The second-order valence-electron chi connectivity index (χ2n) is 11.8. The van der Waals surface area contributed by atoms with E-state index in [2.05, 4.69) is 96.3 Å². The van der Waals surface area contributed by atoms with Gasteiger partial charge in [-0.1, -0.05) is 54.6 Å². The Bertz CT molecular complexity index is 1540. The van der Waals surface area contributed by atoms with Crippen LogP contribution >= 0.6 is 0 Å². The molecule has 0 saturated heterocycles. The van der Waals surface area contributed by atoms with Crippen LogP contribution < -0.4 is 5.32 Å². The first-order chi connectivity index (χ1) is 17.7. The molecule has 0 aliphatic heterocycles. The molecule has 4 aliphatic carbocycles. The number of rotatable bonds is 4. The van der Waals surface area contributed by atoms with E-state index in [0.29, 0.717) is 5.41 Å². The molecule has 36 heavy (non-hydrogen) atoms. The highest BCUT2D eigenvalue weighted by Gasteiger charge is 2.51. The average molecular weight is 470 g/mol. The zero-order chi connectivity index (χ0) is 23.7. The minimum absolute atomic E-state index is 0.446. The van der Waals surface area contributed by atoms with Crippen molar-refractivity contribution in [3.05, 3.63) is 96.6 Å². The summed E-state index contributed by atoms with van der Waals surface area (Å²) >= 11 is 0. The number of fused-ring (bicyclic) bond motifs is 3. The van der Waals surface area contributed by atoms with E-state index in [1.54, 1.807) is 5.56 Å². The molecule has 1 aromatic heterocycles. The van der Waals surface area contributed by atoms with Gasteiger partial charge in [-0.2, -0.15) is 0 Å². The lowest BCUT2D eigenvalue weighted by Crippen LogP contribution is -2.48. The summed E-state index contributed by atoms with van der Waals surface area (Å²) in [6, 6.07) is 32.8. The van der Waals surface area contributed by atoms with Gasteiger partial charge in [-0.05, 0) is 115 Å². The molecule has 2 nitrogen and oxygen atoms in total. The highest BCUT2D eigenvalue weighted by atomic mass is 16.3. The maximum absolute atomic E-state index is 6.24. The summed E-state index contributed by atoms with van der Waals surface area (Å²) in [4.78, 5) is 0. The maximum Gasteiger partial charge on any atom is 0.137 e. The van der Waals surface area contributed by atoms with Gasteiger partial charge in [-0.25, -0.2) is 0 Å². The predicted molar refractivity (Wildman–Crippen MR) is 149 cm³/mol. The van der Waals surface area contributed by atoms with E-state index in [0.717, 1.165) is 51.1 Å². The summed E-state index contributed by atoms with van der Waals surface area (Å²) in [5.41, 5.74) is 8.54. The fourth-order valence-corrected chi connectivity index (χ4v) is 8.27. The minimum Gasteiger partial charge on any atom is -0.456 e. The van der Waals surface area contributed by atoms with Gasteiger partial charge in [0.2, 0.25) is 0 Å². The smallest absolute Gasteiger partial charge is 0.137 e. The highest BCUT2D eigenvalue weighted by molar-refractivity contribution is 6.13. The van der Waals surface area contributed by atoms with Crippen molar-refractivity contribution in [1.29, 1.82) is 0 Å². The predicted octanol–water partition coefficient (Wildman–Crippen LogP) is 9.46. The van der Waals surface area contributed by atoms with Crippen molar-refractivity contribution in [3.8, 4) is 11.1 Å². The maximum atomic E-state index is 6.24. The summed E-state index contributed by atoms with van der Waals surface area (Å²) in [6.07, 6.45) is 8.72. The van der Waals surface area contributed by atoms with Crippen LogP contribution in [-0.2, 0) is 5.41 Å². The largest absolute Gasteiger partial charge is 0.456 e. The van der Waals surface area contributed by atoms with Gasteiger partial charge in [0.05, 0.1) is 11.1 Å². The third-order valence-electron chi connectivity index (χ3n) is 9.42. The topological polar surface area (TPSA) is 25.2 Å². The molecular formula is C34H31NO. The lowest BCUT2D eigenvalue weighted by Gasteiger charge is -2.57. The fourth-order valence-electron chi connectivity index (χ4n) is 8.27. The first-order valence-corrected chi connectivity index (χ1v) is 13.6. The third-order valence-corrected chi connectivity index (χ3v) is 9.42. The van der Waals surface area contributed by atoms with Gasteiger partial charge < -0.3 is 9.73 Å². The molecule has 4 fully saturated rings. The van der Waals surface area contributed by atoms with E-state index in [1.807, 2.05) is 0 Å². The Morgan fingerprint density at radius 2 is 1.36 bits per heavy atom. The van der Waals surface area contributed by atoms with Crippen molar-refractivity contribution in [2.45, 2.75) is 43.9 Å². The third kappa shape index (κ3) is 3.24. The normalized spacial score (nSPS) is 26.6. The van der Waals surface area contributed by atoms with Gasteiger partial charge in [0.1, 0.15) is 11.2 Å². The van der Waals surface area contributed by atoms with E-state index in [-0.39, 0.29) is 0 Å². The van der Waals surface area contributed by atoms with Crippen LogP contribution in [-0.4, -0.2) is 0 Å². The van der Waals surface area contributed by atoms with Gasteiger partial charge in [0, 0.05) is 11.1 Å². The standard InChI is InChI=1S/C34H31NO/c1-2-5-25(6-3-1)26-9-14-31-29(18-26)33-30(7-4-8-32(33)36-31)35-28-12-10-27(11-13-28)34-19-22-15-23(20-34)17-24(16-22)21-34/h1-14,18,22-24,35H,15-17,19-21H2. The second kappa shape index (κ2) is 7.74. The van der Waals surface area contributed by atoms with Gasteiger partial charge in [-0.15, -0.1) is 0 Å². The zero-order valence-electron chi connectivity index (χ0n) is 20.5. The molecule has 4 bridgehead atoms. The van der Waals surface area contributed by atoms with Crippen molar-refractivity contribution in [1.82, 2.24) is 0 Å². The van der Waals surface area contributed by atoms with Gasteiger partial charge in [0.15, 0.2) is 0 Å². The van der Waals surface area contributed by atoms with Crippen molar-refractivity contribution in [2.24, 2.45) is 17.8 Å². The van der Waals surface area contributed by atoms with Crippen LogP contribution in [0.1, 0.15) is 44.1 Å². The van der Waals surface area contributed by atoms with E-state index in [4.69, 9.17) is 4.42 Å². The summed E-state index contributed by atoms with van der Waals surface area (Å²) in [5.74, 6) is 2.92. The van der Waals surface area contributed by atoms with Gasteiger partial charge >= 0.3 is 0 Å². The molecule has 4 aromatic carbocycles. The van der Waals surface area contributed by atoms with E-state index < -0.39 is 0 Å². The molecular weight excluding hydrogens is 438 g/mol. The van der Waals surface area contributed by atoms with Crippen LogP contribution in [0.15, 0.2) is 95.4 Å².